The molecule has 0 aliphatic carbocycles. The number of hydrogen-bond acceptors (Lipinski definition) is 4. The second kappa shape index (κ2) is 6.74. The lowest BCUT2D eigenvalue weighted by atomic mass is 9.86. The Morgan fingerprint density at radius 1 is 1.15 bits per heavy atom. The van der Waals surface area contributed by atoms with Gasteiger partial charge in [0.05, 0.1) is 11.9 Å². The van der Waals surface area contributed by atoms with Crippen molar-refractivity contribution in [1.82, 2.24) is 20.2 Å². The average Bonchev–Trinajstić information content (AvgIpc) is 3.24. The Morgan fingerprint density at radius 2 is 1.96 bits per heavy atom. The van der Waals surface area contributed by atoms with Crippen molar-refractivity contribution in [3.8, 4) is 0 Å². The van der Waals surface area contributed by atoms with Crippen LogP contribution in [0.1, 0.15) is 18.4 Å². The molecule has 0 unspecified atom stereocenters. The molecule has 2 saturated heterocycles. The van der Waals surface area contributed by atoms with Crippen LogP contribution in [0.5, 0.6) is 0 Å². The van der Waals surface area contributed by atoms with Gasteiger partial charge in [0.1, 0.15) is 0 Å². The molecule has 2 fully saturated rings. The van der Waals surface area contributed by atoms with Crippen LogP contribution in [-0.4, -0.2) is 46.4 Å². The maximum absolute atomic E-state index is 12.5. The standard InChI is InChI=1S/C19H21N5O2/c25-17-9-19(14-24(17)16-4-2-7-21-12-16)5-8-23(13-19)18(26)22-11-15-3-1-6-20-10-15/h1-4,6-7,10,12H,5,8-9,11,13-14H2,(H,22,26)/t19-/m0/s1. The van der Waals surface area contributed by atoms with E-state index in [-0.39, 0.29) is 17.4 Å². The normalized spacial score (nSPS) is 22.2. The molecule has 2 aromatic heterocycles. The number of pyridine rings is 2. The minimum absolute atomic E-state index is 0.0852. The third-order valence-corrected chi connectivity index (χ3v) is 5.17. The van der Waals surface area contributed by atoms with Crippen LogP contribution < -0.4 is 10.2 Å². The van der Waals surface area contributed by atoms with Crippen LogP contribution in [0.4, 0.5) is 10.5 Å². The second-order valence-corrected chi connectivity index (χ2v) is 7.06. The van der Waals surface area contributed by atoms with Gasteiger partial charge in [-0.25, -0.2) is 4.79 Å². The molecule has 2 aromatic rings. The first kappa shape index (κ1) is 16.5. The average molecular weight is 351 g/mol. The summed E-state index contributed by atoms with van der Waals surface area (Å²) in [6.45, 7) is 2.38. The summed E-state index contributed by atoms with van der Waals surface area (Å²) in [4.78, 5) is 36.7. The Labute approximate surface area is 152 Å². The van der Waals surface area contributed by atoms with E-state index in [1.165, 1.54) is 0 Å². The molecule has 3 amide bonds. The van der Waals surface area contributed by atoms with Crippen LogP contribution in [0.3, 0.4) is 0 Å². The molecule has 4 heterocycles. The number of carbonyl (C=O) groups is 2. The lowest BCUT2D eigenvalue weighted by molar-refractivity contribution is -0.117. The van der Waals surface area contributed by atoms with E-state index in [4.69, 9.17) is 0 Å². The third kappa shape index (κ3) is 3.24. The van der Waals surface area contributed by atoms with Crippen LogP contribution in [0, 0.1) is 5.41 Å². The van der Waals surface area contributed by atoms with Crippen molar-refractivity contribution in [2.45, 2.75) is 19.4 Å². The molecule has 0 saturated carbocycles. The molecular weight excluding hydrogens is 330 g/mol. The molecule has 0 radical (unpaired) electrons. The van der Waals surface area contributed by atoms with Crippen LogP contribution in [-0.2, 0) is 11.3 Å². The van der Waals surface area contributed by atoms with Crippen molar-refractivity contribution in [2.24, 2.45) is 5.41 Å². The summed E-state index contributed by atoms with van der Waals surface area (Å²) in [6, 6.07) is 7.43. The highest BCUT2D eigenvalue weighted by Gasteiger charge is 2.48. The van der Waals surface area contributed by atoms with E-state index in [1.807, 2.05) is 29.2 Å². The van der Waals surface area contributed by atoms with Gasteiger partial charge in [-0.15, -0.1) is 0 Å². The zero-order chi connectivity index (χ0) is 18.0. The summed E-state index contributed by atoms with van der Waals surface area (Å²) in [7, 11) is 0. The molecule has 0 aromatic carbocycles. The van der Waals surface area contributed by atoms with Gasteiger partial charge < -0.3 is 15.1 Å². The van der Waals surface area contributed by atoms with Gasteiger partial charge >= 0.3 is 6.03 Å². The Kier molecular flexibility index (Phi) is 4.28. The van der Waals surface area contributed by atoms with Gasteiger partial charge in [0, 0.05) is 56.6 Å². The maximum atomic E-state index is 12.5. The zero-order valence-corrected chi connectivity index (χ0v) is 14.5. The number of nitrogens with zero attached hydrogens (tertiary/aromatic N) is 4. The van der Waals surface area contributed by atoms with Gasteiger partial charge in [-0.2, -0.15) is 0 Å². The maximum Gasteiger partial charge on any atom is 0.317 e. The third-order valence-electron chi connectivity index (χ3n) is 5.17. The minimum Gasteiger partial charge on any atom is -0.334 e. The van der Waals surface area contributed by atoms with Crippen molar-refractivity contribution < 1.29 is 9.59 Å². The van der Waals surface area contributed by atoms with Crippen molar-refractivity contribution in [3.05, 3.63) is 54.6 Å². The molecule has 7 nitrogen and oxygen atoms in total. The van der Waals surface area contributed by atoms with Gasteiger partial charge in [0.15, 0.2) is 0 Å². The van der Waals surface area contributed by atoms with E-state index in [0.29, 0.717) is 32.6 Å². The molecule has 2 aliphatic heterocycles. The lowest BCUT2D eigenvalue weighted by Gasteiger charge is -2.24. The molecule has 26 heavy (non-hydrogen) atoms. The van der Waals surface area contributed by atoms with Crippen LogP contribution in [0.15, 0.2) is 49.1 Å². The number of likely N-dealkylation sites (tertiary alicyclic amines) is 1. The van der Waals surface area contributed by atoms with Gasteiger partial charge in [-0.1, -0.05) is 6.07 Å². The number of anilines is 1. The predicted molar refractivity (Wildman–Crippen MR) is 96.3 cm³/mol. The van der Waals surface area contributed by atoms with E-state index in [0.717, 1.165) is 17.7 Å². The second-order valence-electron chi connectivity index (χ2n) is 7.06. The van der Waals surface area contributed by atoms with Crippen molar-refractivity contribution >= 4 is 17.6 Å². The first-order chi connectivity index (χ1) is 12.7. The highest BCUT2D eigenvalue weighted by molar-refractivity contribution is 5.96. The number of aromatic nitrogens is 2. The molecule has 1 spiro atoms. The summed E-state index contributed by atoms with van der Waals surface area (Å²) in [5.74, 6) is 0.107. The minimum atomic E-state index is -0.154. The number of rotatable bonds is 3. The number of carbonyl (C=O) groups excluding carboxylic acids is 2. The lowest BCUT2D eigenvalue weighted by Crippen LogP contribution is -2.40. The largest absolute Gasteiger partial charge is 0.334 e. The number of urea groups is 1. The molecule has 7 heteroatoms. The zero-order valence-electron chi connectivity index (χ0n) is 14.5. The Morgan fingerprint density at radius 3 is 2.69 bits per heavy atom. The molecule has 2 aliphatic rings. The summed E-state index contributed by atoms with van der Waals surface area (Å²) < 4.78 is 0. The molecule has 1 atom stereocenters. The smallest absolute Gasteiger partial charge is 0.317 e. The Hall–Kier alpha value is -2.96. The van der Waals surface area contributed by atoms with Crippen LogP contribution in [0.2, 0.25) is 0 Å². The molecule has 1 N–H and O–H groups in total. The van der Waals surface area contributed by atoms with E-state index in [1.54, 1.807) is 29.7 Å². The van der Waals surface area contributed by atoms with Gasteiger partial charge in [-0.05, 0) is 30.2 Å². The van der Waals surface area contributed by atoms with Gasteiger partial charge in [0.2, 0.25) is 5.91 Å². The van der Waals surface area contributed by atoms with Crippen molar-refractivity contribution in [2.75, 3.05) is 24.5 Å². The van der Waals surface area contributed by atoms with Crippen molar-refractivity contribution in [1.29, 1.82) is 0 Å². The topological polar surface area (TPSA) is 78.4 Å². The van der Waals surface area contributed by atoms with Gasteiger partial charge in [0.25, 0.3) is 0 Å². The molecular formula is C19H21N5O2. The van der Waals surface area contributed by atoms with E-state index < -0.39 is 0 Å². The molecule has 134 valence electrons. The Bertz CT molecular complexity index is 798. The summed E-state index contributed by atoms with van der Waals surface area (Å²) >= 11 is 0. The first-order valence-corrected chi connectivity index (χ1v) is 8.77. The Balaban J connectivity index is 1.37. The quantitative estimate of drug-likeness (QED) is 0.915. The highest BCUT2D eigenvalue weighted by atomic mass is 16.2. The summed E-state index contributed by atoms with van der Waals surface area (Å²) in [5.41, 5.74) is 1.64. The van der Waals surface area contributed by atoms with E-state index in [2.05, 4.69) is 15.3 Å². The van der Waals surface area contributed by atoms with Crippen LogP contribution in [0.25, 0.3) is 0 Å². The monoisotopic (exact) mass is 351 g/mol. The van der Waals surface area contributed by atoms with Crippen molar-refractivity contribution in [3.63, 3.8) is 0 Å². The highest BCUT2D eigenvalue weighted by Crippen LogP contribution is 2.41. The predicted octanol–water partition coefficient (Wildman–Crippen LogP) is 1.82. The number of hydrogen-bond donors (Lipinski definition) is 1. The fourth-order valence-electron chi connectivity index (χ4n) is 3.82. The van der Waals surface area contributed by atoms with Gasteiger partial charge in [-0.3, -0.25) is 14.8 Å². The number of amides is 3. The number of nitrogens with one attached hydrogen (secondary N) is 1. The van der Waals surface area contributed by atoms with Crippen LogP contribution >= 0.6 is 0 Å². The van der Waals surface area contributed by atoms with E-state index in [9.17, 15) is 9.59 Å². The fourth-order valence-corrected chi connectivity index (χ4v) is 3.82. The summed E-state index contributed by atoms with van der Waals surface area (Å²) in [5, 5.41) is 2.94. The fraction of sp³-hybridized carbons (Fsp3) is 0.368. The SMILES string of the molecule is O=C(NCc1cccnc1)N1CC[C@]2(CC(=O)N(c3cccnc3)C2)C1. The van der Waals surface area contributed by atoms with E-state index >= 15 is 0 Å². The molecule has 0 bridgehead atoms. The molecule has 4 rings (SSSR count). The summed E-state index contributed by atoms with van der Waals surface area (Å²) in [6.07, 6.45) is 8.19. The first-order valence-electron chi connectivity index (χ1n) is 8.77.